The largest absolute Gasteiger partial charge is 0.383 e. The van der Waals surface area contributed by atoms with Crippen molar-refractivity contribution in [2.45, 2.75) is 51.8 Å². The highest BCUT2D eigenvalue weighted by Gasteiger charge is 2.58. The van der Waals surface area contributed by atoms with Gasteiger partial charge in [0, 0.05) is 37.3 Å². The number of hydrogen-bond acceptors (Lipinski definition) is 4. The molecule has 0 heterocycles. The molecule has 4 heteroatoms. The van der Waals surface area contributed by atoms with Crippen molar-refractivity contribution in [3.63, 3.8) is 0 Å². The van der Waals surface area contributed by atoms with Gasteiger partial charge in [-0.25, -0.2) is 0 Å². The molecule has 0 spiro atoms. The number of methoxy groups -OCH3 is 1. The van der Waals surface area contributed by atoms with Gasteiger partial charge < -0.3 is 15.2 Å². The van der Waals surface area contributed by atoms with Crippen LogP contribution in [0.25, 0.3) is 0 Å². The Morgan fingerprint density at radius 2 is 2.06 bits per heavy atom. The number of nitrogens with zero attached hydrogens (tertiary/aromatic N) is 1. The summed E-state index contributed by atoms with van der Waals surface area (Å²) < 4.78 is 11.0. The minimum absolute atomic E-state index is 0.0318. The minimum atomic E-state index is -0.163. The van der Waals surface area contributed by atoms with Crippen LogP contribution < -0.4 is 5.73 Å². The Morgan fingerprint density at radius 1 is 1.44 bits per heavy atom. The van der Waals surface area contributed by atoms with Gasteiger partial charge in [0.05, 0.1) is 12.7 Å². The van der Waals surface area contributed by atoms with E-state index >= 15 is 0 Å². The molecule has 18 heavy (non-hydrogen) atoms. The molecule has 1 rings (SSSR count). The van der Waals surface area contributed by atoms with Crippen LogP contribution in [0, 0.1) is 5.41 Å². The van der Waals surface area contributed by atoms with E-state index in [0.717, 1.165) is 26.2 Å². The molecule has 0 saturated heterocycles. The summed E-state index contributed by atoms with van der Waals surface area (Å²) in [5.74, 6) is 0. The van der Waals surface area contributed by atoms with E-state index in [0.29, 0.717) is 12.1 Å². The smallest absolute Gasteiger partial charge is 0.0662 e. The maximum absolute atomic E-state index is 6.57. The van der Waals surface area contributed by atoms with Crippen LogP contribution >= 0.6 is 0 Å². The molecule has 1 aliphatic rings. The zero-order valence-corrected chi connectivity index (χ0v) is 12.8. The highest BCUT2D eigenvalue weighted by atomic mass is 16.5. The predicted octanol–water partition coefficient (Wildman–Crippen LogP) is 1.49. The van der Waals surface area contributed by atoms with E-state index in [-0.39, 0.29) is 11.0 Å². The van der Waals surface area contributed by atoms with Crippen LogP contribution in [-0.2, 0) is 9.47 Å². The Morgan fingerprint density at radius 3 is 2.50 bits per heavy atom. The lowest BCUT2D eigenvalue weighted by Gasteiger charge is -2.60. The van der Waals surface area contributed by atoms with Crippen LogP contribution in [0.4, 0.5) is 0 Å². The summed E-state index contributed by atoms with van der Waals surface area (Å²) >= 11 is 0. The maximum Gasteiger partial charge on any atom is 0.0662 e. The summed E-state index contributed by atoms with van der Waals surface area (Å²) in [6, 6.07) is 0.386. The fraction of sp³-hybridized carbons (Fsp3) is 1.00. The number of rotatable bonds is 7. The van der Waals surface area contributed by atoms with Gasteiger partial charge in [0.15, 0.2) is 0 Å². The number of likely N-dealkylation sites (N-methyl/N-ethyl adjacent to an activating group) is 1. The van der Waals surface area contributed by atoms with Gasteiger partial charge in [-0.2, -0.15) is 0 Å². The summed E-state index contributed by atoms with van der Waals surface area (Å²) in [6.45, 7) is 11.0. The van der Waals surface area contributed by atoms with E-state index in [1.54, 1.807) is 7.11 Å². The summed E-state index contributed by atoms with van der Waals surface area (Å²) in [6.07, 6.45) is 1.23. The third-order valence-corrected chi connectivity index (χ3v) is 4.70. The highest BCUT2D eigenvalue weighted by Crippen LogP contribution is 2.50. The van der Waals surface area contributed by atoms with Crippen molar-refractivity contribution in [1.29, 1.82) is 0 Å². The van der Waals surface area contributed by atoms with Gasteiger partial charge in [-0.3, -0.25) is 4.90 Å². The summed E-state index contributed by atoms with van der Waals surface area (Å²) in [4.78, 5) is 2.29. The van der Waals surface area contributed by atoms with Crippen molar-refractivity contribution in [2.24, 2.45) is 11.1 Å². The SMILES string of the molecule is CCOC1CC(N)(CN(C)C(C)COC)C1(C)C. The monoisotopic (exact) mass is 258 g/mol. The fourth-order valence-electron chi connectivity index (χ4n) is 2.74. The van der Waals surface area contributed by atoms with Crippen LogP contribution in [0.2, 0.25) is 0 Å². The first-order chi connectivity index (χ1) is 8.28. The van der Waals surface area contributed by atoms with Gasteiger partial charge in [-0.05, 0) is 27.3 Å². The van der Waals surface area contributed by atoms with Crippen molar-refractivity contribution in [2.75, 3.05) is 33.9 Å². The normalized spacial score (nSPS) is 32.3. The molecular formula is C14H30N2O2. The van der Waals surface area contributed by atoms with E-state index in [1.165, 1.54) is 0 Å². The highest BCUT2D eigenvalue weighted by molar-refractivity contribution is 5.14. The second kappa shape index (κ2) is 5.87. The first kappa shape index (κ1) is 15.9. The molecule has 1 aliphatic carbocycles. The molecule has 3 unspecified atom stereocenters. The van der Waals surface area contributed by atoms with E-state index in [1.807, 2.05) is 6.92 Å². The lowest BCUT2D eigenvalue weighted by Crippen LogP contribution is -2.73. The van der Waals surface area contributed by atoms with Gasteiger partial charge in [0.1, 0.15) is 0 Å². The average molecular weight is 258 g/mol. The number of nitrogens with two attached hydrogens (primary N) is 1. The Bertz CT molecular complexity index is 271. The van der Waals surface area contributed by atoms with Crippen molar-refractivity contribution < 1.29 is 9.47 Å². The van der Waals surface area contributed by atoms with Crippen LogP contribution in [-0.4, -0.2) is 56.5 Å². The number of hydrogen-bond donors (Lipinski definition) is 1. The molecule has 108 valence electrons. The summed E-state index contributed by atoms with van der Waals surface area (Å²) in [5, 5.41) is 0. The minimum Gasteiger partial charge on any atom is -0.383 e. The lowest BCUT2D eigenvalue weighted by molar-refractivity contribution is -0.157. The van der Waals surface area contributed by atoms with Crippen LogP contribution in [0.5, 0.6) is 0 Å². The molecule has 0 aromatic carbocycles. The second-order valence-corrected chi connectivity index (χ2v) is 6.25. The van der Waals surface area contributed by atoms with Crippen molar-refractivity contribution >= 4 is 0 Å². The zero-order valence-electron chi connectivity index (χ0n) is 12.8. The van der Waals surface area contributed by atoms with E-state index in [9.17, 15) is 0 Å². The van der Waals surface area contributed by atoms with Gasteiger partial charge in [0.2, 0.25) is 0 Å². The lowest BCUT2D eigenvalue weighted by atomic mass is 9.54. The van der Waals surface area contributed by atoms with Crippen molar-refractivity contribution in [1.82, 2.24) is 4.90 Å². The van der Waals surface area contributed by atoms with Gasteiger partial charge >= 0.3 is 0 Å². The first-order valence-corrected chi connectivity index (χ1v) is 6.88. The molecule has 0 aromatic rings. The molecule has 0 radical (unpaired) electrons. The zero-order chi connectivity index (χ0) is 14.0. The van der Waals surface area contributed by atoms with E-state index < -0.39 is 0 Å². The first-order valence-electron chi connectivity index (χ1n) is 6.88. The van der Waals surface area contributed by atoms with Gasteiger partial charge in [0.25, 0.3) is 0 Å². The second-order valence-electron chi connectivity index (χ2n) is 6.25. The predicted molar refractivity (Wildman–Crippen MR) is 74.7 cm³/mol. The van der Waals surface area contributed by atoms with E-state index in [4.69, 9.17) is 15.2 Å². The topological polar surface area (TPSA) is 47.7 Å². The Hall–Kier alpha value is -0.160. The molecule has 0 bridgehead atoms. The Kier molecular flexibility index (Phi) is 5.18. The van der Waals surface area contributed by atoms with Crippen LogP contribution in [0.3, 0.4) is 0 Å². The van der Waals surface area contributed by atoms with Gasteiger partial charge in [-0.15, -0.1) is 0 Å². The Labute approximate surface area is 112 Å². The van der Waals surface area contributed by atoms with Crippen LogP contribution in [0.1, 0.15) is 34.1 Å². The molecule has 0 amide bonds. The molecule has 1 saturated carbocycles. The maximum atomic E-state index is 6.57. The third kappa shape index (κ3) is 2.87. The van der Waals surface area contributed by atoms with E-state index in [2.05, 4.69) is 32.7 Å². The fourth-order valence-corrected chi connectivity index (χ4v) is 2.74. The molecule has 2 N–H and O–H groups in total. The average Bonchev–Trinajstić information content (AvgIpc) is 2.29. The standard InChI is InChI=1S/C14H30N2O2/c1-7-18-12-8-14(15,13(12,3)4)10-16(5)11(2)9-17-6/h11-12H,7-10,15H2,1-6H3. The summed E-state index contributed by atoms with van der Waals surface area (Å²) in [7, 11) is 3.85. The quantitative estimate of drug-likeness (QED) is 0.751. The van der Waals surface area contributed by atoms with Gasteiger partial charge in [-0.1, -0.05) is 13.8 Å². The summed E-state index contributed by atoms with van der Waals surface area (Å²) in [5.41, 5.74) is 6.44. The molecule has 1 fully saturated rings. The molecule has 0 aromatic heterocycles. The van der Waals surface area contributed by atoms with Crippen LogP contribution in [0.15, 0.2) is 0 Å². The molecule has 0 aliphatic heterocycles. The van der Waals surface area contributed by atoms with Crippen molar-refractivity contribution in [3.8, 4) is 0 Å². The molecular weight excluding hydrogens is 228 g/mol. The van der Waals surface area contributed by atoms with Crippen molar-refractivity contribution in [3.05, 3.63) is 0 Å². The third-order valence-electron chi connectivity index (χ3n) is 4.70. The number of ether oxygens (including phenoxy) is 2. The molecule has 4 nitrogen and oxygen atoms in total. The molecule has 3 atom stereocenters. The Balaban J connectivity index is 2.57.